The fraction of sp³-hybridized carbons (Fsp3) is 0.172. The zero-order chi connectivity index (χ0) is 29.1. The molecule has 1 aliphatic rings. The molecule has 0 saturated carbocycles. The highest BCUT2D eigenvalue weighted by molar-refractivity contribution is 9.10. The number of ether oxygens (including phenoxy) is 3. The van der Waals surface area contributed by atoms with Crippen molar-refractivity contribution in [2.45, 2.75) is 16.1 Å². The van der Waals surface area contributed by atoms with Gasteiger partial charge in [-0.25, -0.2) is 0 Å². The molecule has 12 heteroatoms. The summed E-state index contributed by atoms with van der Waals surface area (Å²) in [6, 6.07) is 18.9. The van der Waals surface area contributed by atoms with Crippen molar-refractivity contribution in [1.29, 1.82) is 0 Å². The minimum absolute atomic E-state index is 0.0970. The highest BCUT2D eigenvalue weighted by Gasteiger charge is 2.49. The van der Waals surface area contributed by atoms with Gasteiger partial charge in [-0.3, -0.25) is 14.5 Å². The highest BCUT2D eigenvalue weighted by atomic mass is 79.9. The number of ketones is 1. The highest BCUT2D eigenvalue weighted by Crippen LogP contribution is 2.48. The Balaban J connectivity index is 1.63. The van der Waals surface area contributed by atoms with E-state index in [1.54, 1.807) is 36.4 Å². The third-order valence-electron chi connectivity index (χ3n) is 6.37. The maximum atomic E-state index is 13.6. The molecule has 2 heterocycles. The second-order valence-electron chi connectivity index (χ2n) is 8.76. The third kappa shape index (κ3) is 5.67. The van der Waals surface area contributed by atoms with Gasteiger partial charge in [0.25, 0.3) is 5.78 Å². The Morgan fingerprint density at radius 2 is 1.63 bits per heavy atom. The van der Waals surface area contributed by atoms with E-state index in [-0.39, 0.29) is 16.5 Å². The number of carbonyl (C=O) groups excluding carboxylic acids is 2. The Morgan fingerprint density at radius 1 is 0.976 bits per heavy atom. The second kappa shape index (κ2) is 12.3. The molecule has 3 aromatic carbocycles. The van der Waals surface area contributed by atoms with Crippen molar-refractivity contribution in [2.24, 2.45) is 0 Å². The number of halogens is 1. The number of rotatable bonds is 9. The van der Waals surface area contributed by atoms with Crippen molar-refractivity contribution >= 4 is 61.6 Å². The van der Waals surface area contributed by atoms with E-state index in [4.69, 9.17) is 14.2 Å². The minimum Gasteiger partial charge on any atom is -0.507 e. The molecule has 210 valence electrons. The van der Waals surface area contributed by atoms with Crippen molar-refractivity contribution < 1.29 is 28.9 Å². The van der Waals surface area contributed by atoms with Crippen LogP contribution in [0.1, 0.15) is 22.7 Å². The average molecular weight is 655 g/mol. The predicted octanol–water partition coefficient (Wildman–Crippen LogP) is 6.25. The molecule has 9 nitrogen and oxygen atoms in total. The van der Waals surface area contributed by atoms with Gasteiger partial charge in [0.2, 0.25) is 10.9 Å². The molecule has 1 fully saturated rings. The van der Waals surface area contributed by atoms with Crippen LogP contribution in [0.4, 0.5) is 5.13 Å². The Bertz CT molecular complexity index is 1600. The first-order valence-electron chi connectivity index (χ1n) is 12.2. The lowest BCUT2D eigenvalue weighted by molar-refractivity contribution is -0.132. The second-order valence-corrected chi connectivity index (χ2v) is 11.9. The molecule has 0 radical (unpaired) electrons. The number of hydrogen-bond acceptors (Lipinski definition) is 10. The molecule has 5 rings (SSSR count). The first-order valence-corrected chi connectivity index (χ1v) is 14.8. The van der Waals surface area contributed by atoms with Crippen LogP contribution in [0.25, 0.3) is 5.76 Å². The summed E-state index contributed by atoms with van der Waals surface area (Å²) in [5.41, 5.74) is 1.84. The van der Waals surface area contributed by atoms with E-state index in [2.05, 4.69) is 26.1 Å². The molecule has 4 aromatic rings. The monoisotopic (exact) mass is 653 g/mol. The molecule has 1 atom stereocenters. The summed E-state index contributed by atoms with van der Waals surface area (Å²) in [5.74, 6) is -0.343. The zero-order valence-corrected chi connectivity index (χ0v) is 25.4. The predicted molar refractivity (Wildman–Crippen MR) is 161 cm³/mol. The summed E-state index contributed by atoms with van der Waals surface area (Å²) in [5, 5.41) is 20.2. The van der Waals surface area contributed by atoms with Gasteiger partial charge in [0, 0.05) is 15.8 Å². The van der Waals surface area contributed by atoms with Crippen LogP contribution >= 0.6 is 39.0 Å². The van der Waals surface area contributed by atoms with Gasteiger partial charge in [-0.15, -0.1) is 10.2 Å². The Morgan fingerprint density at radius 3 is 2.24 bits per heavy atom. The number of methoxy groups -OCH3 is 3. The molecule has 1 aliphatic heterocycles. The van der Waals surface area contributed by atoms with Crippen LogP contribution in [-0.2, 0) is 15.3 Å². The molecule has 41 heavy (non-hydrogen) atoms. The largest absolute Gasteiger partial charge is 0.507 e. The summed E-state index contributed by atoms with van der Waals surface area (Å²) < 4.78 is 18.0. The zero-order valence-electron chi connectivity index (χ0n) is 22.2. The number of benzene rings is 3. The number of carbonyl (C=O) groups is 2. The summed E-state index contributed by atoms with van der Waals surface area (Å²) in [6.07, 6.45) is 0. The van der Waals surface area contributed by atoms with E-state index in [9.17, 15) is 14.7 Å². The number of thioether (sulfide) groups is 1. The molecule has 1 aromatic heterocycles. The van der Waals surface area contributed by atoms with Crippen LogP contribution in [0.2, 0.25) is 0 Å². The van der Waals surface area contributed by atoms with Gasteiger partial charge in [0.05, 0.1) is 32.9 Å². The lowest BCUT2D eigenvalue weighted by atomic mass is 9.95. The van der Waals surface area contributed by atoms with Crippen molar-refractivity contribution in [3.63, 3.8) is 0 Å². The molecule has 1 saturated heterocycles. The number of nitrogens with zero attached hydrogens (tertiary/aromatic N) is 3. The van der Waals surface area contributed by atoms with Crippen LogP contribution in [0.15, 0.2) is 81.1 Å². The average Bonchev–Trinajstić information content (AvgIpc) is 3.57. The number of aliphatic hydroxyl groups excluding tert-OH is 1. The topological polar surface area (TPSA) is 111 Å². The third-order valence-corrected chi connectivity index (χ3v) is 9.03. The van der Waals surface area contributed by atoms with Crippen LogP contribution < -0.4 is 19.1 Å². The maximum Gasteiger partial charge on any atom is 0.301 e. The van der Waals surface area contributed by atoms with E-state index < -0.39 is 17.7 Å². The molecular formula is C29H24BrN3O6S2. The Labute approximate surface area is 252 Å². The van der Waals surface area contributed by atoms with Crippen LogP contribution in [-0.4, -0.2) is 48.3 Å². The normalized spacial score (nSPS) is 16.2. The summed E-state index contributed by atoms with van der Waals surface area (Å²) >= 11 is 6.04. The van der Waals surface area contributed by atoms with Gasteiger partial charge >= 0.3 is 5.91 Å². The van der Waals surface area contributed by atoms with E-state index in [0.717, 1.165) is 10.0 Å². The standard InChI is InChI=1S/C29H24BrN3O6S2/c1-37-20-13-18(14-21(38-2)26(20)39-3)23-22(24(34)17-9-11-19(30)12-10-17)25(35)27(36)33(23)28-31-32-29(41-28)40-15-16-7-5-4-6-8-16/h4-14,23,34H,15H2,1-3H3/b24-22-. The summed E-state index contributed by atoms with van der Waals surface area (Å²) in [4.78, 5) is 28.4. The van der Waals surface area contributed by atoms with Crippen LogP contribution in [0, 0.1) is 0 Å². The first-order chi connectivity index (χ1) is 19.9. The molecule has 0 aliphatic carbocycles. The van der Waals surface area contributed by atoms with Crippen LogP contribution in [0.3, 0.4) is 0 Å². The number of aliphatic hydroxyl groups is 1. The minimum atomic E-state index is -1.05. The SMILES string of the molecule is COc1cc(C2/C(=C(/O)c3ccc(Br)cc3)C(=O)C(=O)N2c2nnc(SCc3ccccc3)s2)cc(OC)c1OC. The van der Waals surface area contributed by atoms with Gasteiger partial charge < -0.3 is 19.3 Å². The molecular weight excluding hydrogens is 630 g/mol. The van der Waals surface area contributed by atoms with Gasteiger partial charge in [0.1, 0.15) is 5.76 Å². The first kappa shape index (κ1) is 28.7. The van der Waals surface area contributed by atoms with Crippen LogP contribution in [0.5, 0.6) is 17.2 Å². The lowest BCUT2D eigenvalue weighted by Crippen LogP contribution is -2.29. The number of amides is 1. The summed E-state index contributed by atoms with van der Waals surface area (Å²) in [6.45, 7) is 0. The van der Waals surface area contributed by atoms with Gasteiger partial charge in [-0.1, -0.05) is 81.5 Å². The summed E-state index contributed by atoms with van der Waals surface area (Å²) in [7, 11) is 4.43. The smallest absolute Gasteiger partial charge is 0.301 e. The van der Waals surface area contributed by atoms with Gasteiger partial charge in [-0.2, -0.15) is 0 Å². The molecule has 1 unspecified atom stereocenters. The number of aromatic nitrogens is 2. The molecule has 0 bridgehead atoms. The molecule has 0 spiro atoms. The fourth-order valence-corrected chi connectivity index (χ4v) is 6.53. The van der Waals surface area contributed by atoms with Crippen molar-refractivity contribution in [1.82, 2.24) is 10.2 Å². The lowest BCUT2D eigenvalue weighted by Gasteiger charge is -2.24. The maximum absolute atomic E-state index is 13.6. The fourth-order valence-electron chi connectivity index (χ4n) is 4.45. The van der Waals surface area contributed by atoms with Gasteiger partial charge in [0.15, 0.2) is 15.8 Å². The van der Waals surface area contributed by atoms with Crippen molar-refractivity contribution in [2.75, 3.05) is 26.2 Å². The van der Waals surface area contributed by atoms with Gasteiger partial charge in [-0.05, 0) is 35.4 Å². The van der Waals surface area contributed by atoms with E-state index in [0.29, 0.717) is 38.5 Å². The van der Waals surface area contributed by atoms with E-state index in [1.165, 1.54) is 49.3 Å². The molecule has 1 amide bonds. The number of hydrogen-bond donors (Lipinski definition) is 1. The van der Waals surface area contributed by atoms with E-state index in [1.807, 2.05) is 30.3 Å². The van der Waals surface area contributed by atoms with E-state index >= 15 is 0 Å². The van der Waals surface area contributed by atoms with Crippen molar-refractivity contribution in [3.05, 3.63) is 93.5 Å². The van der Waals surface area contributed by atoms with Crippen molar-refractivity contribution in [3.8, 4) is 17.2 Å². The number of Topliss-reactive ketones (excluding diaryl/α,β-unsaturated/α-hetero) is 1. The number of anilines is 1. The quantitative estimate of drug-likeness (QED) is 0.0737. The molecule has 1 N–H and O–H groups in total. The Hall–Kier alpha value is -3.87. The Kier molecular flexibility index (Phi) is 8.62.